The maximum absolute atomic E-state index is 11.2. The zero-order valence-corrected chi connectivity index (χ0v) is 18.3. The van der Waals surface area contributed by atoms with Crippen molar-refractivity contribution in [3.63, 3.8) is 0 Å². The van der Waals surface area contributed by atoms with Crippen molar-refractivity contribution in [2.24, 2.45) is 4.99 Å². The fourth-order valence-electron chi connectivity index (χ4n) is 4.68. The number of phenols is 1. The standard InChI is InChI=1S/C25H27NO4/c1-13-10-20(29-5)25-16(8-7-9-19(25)28-4)22(13)24-17-11-14(2)26-15(3)23(17)21(30-6)12-18(24)27/h7-10,12,14,27H,11H2,1-6H3/t14-/m0/s1. The maximum atomic E-state index is 11.2. The summed E-state index contributed by atoms with van der Waals surface area (Å²) >= 11 is 0. The van der Waals surface area contributed by atoms with E-state index in [1.165, 1.54) is 0 Å². The Kier molecular flexibility index (Phi) is 5.06. The summed E-state index contributed by atoms with van der Waals surface area (Å²) in [5.74, 6) is 2.33. The summed E-state index contributed by atoms with van der Waals surface area (Å²) in [5.41, 5.74) is 5.77. The molecule has 1 heterocycles. The molecule has 1 atom stereocenters. The molecule has 0 aliphatic carbocycles. The molecule has 5 heteroatoms. The molecule has 0 spiro atoms. The van der Waals surface area contributed by atoms with Crippen molar-refractivity contribution in [3.05, 3.63) is 47.0 Å². The number of nitrogens with zero attached hydrogens (tertiary/aromatic N) is 1. The molecule has 0 saturated carbocycles. The number of benzene rings is 3. The lowest BCUT2D eigenvalue weighted by molar-refractivity contribution is 0.404. The Morgan fingerprint density at radius 1 is 0.900 bits per heavy atom. The van der Waals surface area contributed by atoms with Gasteiger partial charge < -0.3 is 19.3 Å². The van der Waals surface area contributed by atoms with Gasteiger partial charge >= 0.3 is 0 Å². The number of rotatable bonds is 4. The molecule has 4 rings (SSSR count). The van der Waals surface area contributed by atoms with Crippen molar-refractivity contribution in [3.8, 4) is 34.1 Å². The first-order valence-corrected chi connectivity index (χ1v) is 10.0. The SMILES string of the molecule is COc1cc(O)c(-c2c(C)cc(OC)c3c(OC)cccc23)c2c1C(C)=N[C@@H](C)C2. The molecular weight excluding hydrogens is 378 g/mol. The molecule has 30 heavy (non-hydrogen) atoms. The number of aromatic hydroxyl groups is 1. The van der Waals surface area contributed by atoms with Crippen LogP contribution in [0.4, 0.5) is 0 Å². The van der Waals surface area contributed by atoms with Crippen LogP contribution < -0.4 is 14.2 Å². The third kappa shape index (κ3) is 2.96. The second-order valence-electron chi connectivity index (χ2n) is 7.75. The summed E-state index contributed by atoms with van der Waals surface area (Å²) in [6, 6.07) is 9.76. The van der Waals surface area contributed by atoms with E-state index in [0.29, 0.717) is 5.75 Å². The van der Waals surface area contributed by atoms with Gasteiger partial charge in [-0.1, -0.05) is 12.1 Å². The molecule has 1 aliphatic heterocycles. The fraction of sp³-hybridized carbons (Fsp3) is 0.320. The quantitative estimate of drug-likeness (QED) is 0.640. The normalized spacial score (nSPS) is 15.5. The average Bonchev–Trinajstić information content (AvgIpc) is 2.72. The van der Waals surface area contributed by atoms with Crippen LogP contribution in [-0.2, 0) is 6.42 Å². The second-order valence-corrected chi connectivity index (χ2v) is 7.75. The van der Waals surface area contributed by atoms with Gasteiger partial charge in [0.05, 0.1) is 32.8 Å². The van der Waals surface area contributed by atoms with Gasteiger partial charge in [0.1, 0.15) is 23.0 Å². The van der Waals surface area contributed by atoms with Crippen LogP contribution in [0.2, 0.25) is 0 Å². The lowest BCUT2D eigenvalue weighted by Gasteiger charge is -2.27. The molecule has 0 radical (unpaired) electrons. The van der Waals surface area contributed by atoms with Gasteiger partial charge in [0.2, 0.25) is 0 Å². The van der Waals surface area contributed by atoms with Crippen LogP contribution in [0.5, 0.6) is 23.0 Å². The molecule has 5 nitrogen and oxygen atoms in total. The van der Waals surface area contributed by atoms with Gasteiger partial charge in [0.15, 0.2) is 0 Å². The molecule has 0 aromatic heterocycles. The number of aryl methyl sites for hydroxylation is 1. The van der Waals surface area contributed by atoms with Crippen molar-refractivity contribution in [2.45, 2.75) is 33.2 Å². The zero-order valence-electron chi connectivity index (χ0n) is 18.3. The smallest absolute Gasteiger partial charge is 0.131 e. The molecule has 1 N–H and O–H groups in total. The molecule has 3 aromatic carbocycles. The highest BCUT2D eigenvalue weighted by Crippen LogP contribution is 2.48. The van der Waals surface area contributed by atoms with Crippen LogP contribution in [0.1, 0.15) is 30.5 Å². The van der Waals surface area contributed by atoms with E-state index < -0.39 is 0 Å². The van der Waals surface area contributed by atoms with E-state index in [0.717, 1.165) is 62.2 Å². The minimum absolute atomic E-state index is 0.127. The lowest BCUT2D eigenvalue weighted by atomic mass is 9.83. The lowest BCUT2D eigenvalue weighted by Crippen LogP contribution is -2.19. The van der Waals surface area contributed by atoms with E-state index in [4.69, 9.17) is 19.2 Å². The van der Waals surface area contributed by atoms with Crippen molar-refractivity contribution in [2.75, 3.05) is 21.3 Å². The van der Waals surface area contributed by atoms with Gasteiger partial charge in [-0.2, -0.15) is 0 Å². The highest BCUT2D eigenvalue weighted by Gasteiger charge is 2.28. The summed E-state index contributed by atoms with van der Waals surface area (Å²) in [7, 11) is 4.94. The average molecular weight is 405 g/mol. The highest BCUT2D eigenvalue weighted by atomic mass is 16.5. The van der Waals surface area contributed by atoms with Crippen LogP contribution in [0.15, 0.2) is 35.3 Å². The van der Waals surface area contributed by atoms with Gasteiger partial charge in [-0.25, -0.2) is 0 Å². The molecule has 1 aliphatic rings. The second kappa shape index (κ2) is 7.56. The largest absolute Gasteiger partial charge is 0.507 e. The zero-order chi connectivity index (χ0) is 21.6. The number of ether oxygens (including phenoxy) is 3. The number of fused-ring (bicyclic) bond motifs is 2. The van der Waals surface area contributed by atoms with Crippen molar-refractivity contribution < 1.29 is 19.3 Å². The number of hydrogen-bond acceptors (Lipinski definition) is 5. The first-order chi connectivity index (χ1) is 14.4. The first-order valence-electron chi connectivity index (χ1n) is 10.0. The molecule has 0 amide bonds. The van der Waals surface area contributed by atoms with Gasteiger partial charge in [-0.15, -0.1) is 0 Å². The first kappa shape index (κ1) is 20.1. The van der Waals surface area contributed by atoms with Crippen LogP contribution in [0.25, 0.3) is 21.9 Å². The van der Waals surface area contributed by atoms with Gasteiger partial charge in [0.25, 0.3) is 0 Å². The number of methoxy groups -OCH3 is 3. The number of aliphatic imine (C=N–C) groups is 1. The molecule has 3 aromatic rings. The Hall–Kier alpha value is -3.21. The molecular formula is C25H27NO4. The van der Waals surface area contributed by atoms with Crippen LogP contribution in [0, 0.1) is 6.92 Å². The van der Waals surface area contributed by atoms with E-state index >= 15 is 0 Å². The Labute approximate surface area is 176 Å². The Morgan fingerprint density at radius 2 is 1.60 bits per heavy atom. The third-order valence-electron chi connectivity index (χ3n) is 5.84. The summed E-state index contributed by atoms with van der Waals surface area (Å²) < 4.78 is 16.9. The molecule has 0 saturated heterocycles. The van der Waals surface area contributed by atoms with Gasteiger partial charge in [-0.05, 0) is 61.4 Å². The summed E-state index contributed by atoms with van der Waals surface area (Å²) in [4.78, 5) is 4.75. The van der Waals surface area contributed by atoms with Gasteiger partial charge in [-0.3, -0.25) is 4.99 Å². The highest BCUT2D eigenvalue weighted by molar-refractivity contribution is 6.10. The van der Waals surface area contributed by atoms with E-state index in [1.807, 2.05) is 38.1 Å². The number of hydrogen-bond donors (Lipinski definition) is 1. The van der Waals surface area contributed by atoms with Crippen molar-refractivity contribution in [1.82, 2.24) is 0 Å². The van der Waals surface area contributed by atoms with E-state index in [2.05, 4.69) is 6.92 Å². The molecule has 156 valence electrons. The monoisotopic (exact) mass is 405 g/mol. The van der Waals surface area contributed by atoms with Crippen LogP contribution in [0.3, 0.4) is 0 Å². The maximum Gasteiger partial charge on any atom is 0.131 e. The molecule has 0 fully saturated rings. The number of phenolic OH excluding ortho intramolecular Hbond substituents is 1. The van der Waals surface area contributed by atoms with Crippen molar-refractivity contribution in [1.29, 1.82) is 0 Å². The van der Waals surface area contributed by atoms with Gasteiger partial charge in [0, 0.05) is 22.9 Å². The fourth-order valence-corrected chi connectivity index (χ4v) is 4.68. The van der Waals surface area contributed by atoms with Crippen LogP contribution >= 0.6 is 0 Å². The topological polar surface area (TPSA) is 60.3 Å². The Bertz CT molecular complexity index is 1180. The Balaban J connectivity index is 2.17. The molecule has 0 unspecified atom stereocenters. The third-order valence-corrected chi connectivity index (χ3v) is 5.84. The summed E-state index contributed by atoms with van der Waals surface area (Å²) in [6.07, 6.45) is 0.726. The molecule has 0 bridgehead atoms. The Morgan fingerprint density at radius 3 is 2.27 bits per heavy atom. The van der Waals surface area contributed by atoms with Crippen LogP contribution in [-0.4, -0.2) is 38.2 Å². The predicted molar refractivity (Wildman–Crippen MR) is 121 cm³/mol. The summed E-state index contributed by atoms with van der Waals surface area (Å²) in [6.45, 7) is 6.13. The predicted octanol–water partition coefficient (Wildman–Crippen LogP) is 5.30. The minimum Gasteiger partial charge on any atom is -0.507 e. The van der Waals surface area contributed by atoms with Crippen molar-refractivity contribution >= 4 is 16.5 Å². The summed E-state index contributed by atoms with van der Waals surface area (Å²) in [5, 5.41) is 13.0. The van der Waals surface area contributed by atoms with E-state index in [9.17, 15) is 5.11 Å². The minimum atomic E-state index is 0.127. The van der Waals surface area contributed by atoms with E-state index in [-0.39, 0.29) is 11.8 Å². The van der Waals surface area contributed by atoms with E-state index in [1.54, 1.807) is 27.4 Å².